The van der Waals surface area contributed by atoms with Gasteiger partial charge in [0.05, 0.1) is 4.92 Å². The molecule has 0 unspecified atom stereocenters. The summed E-state index contributed by atoms with van der Waals surface area (Å²) in [6.45, 7) is 4.34. The summed E-state index contributed by atoms with van der Waals surface area (Å²) < 4.78 is 0. The maximum absolute atomic E-state index is 10.7. The first-order valence-electron chi connectivity index (χ1n) is 5.04. The average Bonchev–Trinajstić information content (AvgIpc) is 2.25. The maximum Gasteiger partial charge on any atom is 0.354 e. The van der Waals surface area contributed by atoms with Crippen molar-refractivity contribution in [3.05, 3.63) is 27.9 Å². The van der Waals surface area contributed by atoms with E-state index >= 15 is 0 Å². The fraction of sp³-hybridized carbons (Fsp3) is 0.400. The molecule has 92 valence electrons. The topological polar surface area (TPSA) is 105 Å². The zero-order chi connectivity index (χ0) is 13.0. The van der Waals surface area contributed by atoms with Gasteiger partial charge in [0, 0.05) is 12.6 Å². The molecule has 0 fully saturated rings. The Balaban J connectivity index is 3.07. The van der Waals surface area contributed by atoms with Crippen LogP contribution >= 0.6 is 0 Å². The van der Waals surface area contributed by atoms with E-state index in [-0.39, 0.29) is 23.1 Å². The Labute approximate surface area is 97.6 Å². The van der Waals surface area contributed by atoms with E-state index in [1.165, 1.54) is 0 Å². The van der Waals surface area contributed by atoms with Gasteiger partial charge in [0.15, 0.2) is 5.69 Å². The molecule has 0 saturated carbocycles. The number of rotatable bonds is 5. The fourth-order valence-electron chi connectivity index (χ4n) is 1.15. The average molecular weight is 239 g/mol. The van der Waals surface area contributed by atoms with Crippen LogP contribution in [0.3, 0.4) is 0 Å². The van der Waals surface area contributed by atoms with Crippen LogP contribution in [0.1, 0.15) is 24.3 Å². The zero-order valence-electron chi connectivity index (χ0n) is 9.51. The summed E-state index contributed by atoms with van der Waals surface area (Å²) in [5, 5.41) is 22.3. The molecule has 2 N–H and O–H groups in total. The van der Waals surface area contributed by atoms with Gasteiger partial charge in [-0.3, -0.25) is 10.1 Å². The SMILES string of the molecule is CC(C)CNc1nc(C(=O)O)ccc1[N+](=O)[O-]. The van der Waals surface area contributed by atoms with Crippen LogP contribution in [0.15, 0.2) is 12.1 Å². The van der Waals surface area contributed by atoms with Crippen molar-refractivity contribution in [2.45, 2.75) is 13.8 Å². The molecule has 0 radical (unpaired) electrons. The number of carbonyl (C=O) groups is 1. The lowest BCUT2D eigenvalue weighted by molar-refractivity contribution is -0.384. The van der Waals surface area contributed by atoms with E-state index in [0.29, 0.717) is 6.54 Å². The third-order valence-corrected chi connectivity index (χ3v) is 1.97. The Hall–Kier alpha value is -2.18. The highest BCUT2D eigenvalue weighted by Gasteiger charge is 2.18. The van der Waals surface area contributed by atoms with Crippen molar-refractivity contribution in [2.75, 3.05) is 11.9 Å². The molecule has 1 aromatic rings. The van der Waals surface area contributed by atoms with Crippen molar-refractivity contribution in [1.29, 1.82) is 0 Å². The van der Waals surface area contributed by atoms with E-state index in [0.717, 1.165) is 12.1 Å². The lowest BCUT2D eigenvalue weighted by Crippen LogP contribution is -2.12. The van der Waals surface area contributed by atoms with Crippen molar-refractivity contribution in [3.8, 4) is 0 Å². The molecule has 0 saturated heterocycles. The van der Waals surface area contributed by atoms with Gasteiger partial charge in [-0.1, -0.05) is 13.8 Å². The summed E-state index contributed by atoms with van der Waals surface area (Å²) in [4.78, 5) is 24.6. The second kappa shape index (κ2) is 5.24. The predicted octanol–water partition coefficient (Wildman–Crippen LogP) is 1.76. The molecule has 7 nitrogen and oxygen atoms in total. The molecule has 0 atom stereocenters. The summed E-state index contributed by atoms with van der Waals surface area (Å²) in [6, 6.07) is 2.25. The van der Waals surface area contributed by atoms with Crippen LogP contribution in [0.25, 0.3) is 0 Å². The zero-order valence-corrected chi connectivity index (χ0v) is 9.51. The van der Waals surface area contributed by atoms with Crippen LogP contribution in [0, 0.1) is 16.0 Å². The second-order valence-corrected chi connectivity index (χ2v) is 3.90. The van der Waals surface area contributed by atoms with Crippen molar-refractivity contribution in [2.24, 2.45) is 5.92 Å². The highest BCUT2D eigenvalue weighted by Crippen LogP contribution is 2.22. The Morgan fingerprint density at radius 2 is 2.24 bits per heavy atom. The molecule has 0 aromatic carbocycles. The summed E-state index contributed by atoms with van der Waals surface area (Å²) in [5.41, 5.74) is -0.447. The van der Waals surface area contributed by atoms with Gasteiger partial charge < -0.3 is 10.4 Å². The highest BCUT2D eigenvalue weighted by molar-refractivity contribution is 5.86. The molecule has 0 spiro atoms. The molecular weight excluding hydrogens is 226 g/mol. The summed E-state index contributed by atoms with van der Waals surface area (Å²) in [5.74, 6) is -0.957. The van der Waals surface area contributed by atoms with Crippen molar-refractivity contribution in [3.63, 3.8) is 0 Å². The molecule has 0 amide bonds. The first-order chi connectivity index (χ1) is 7.91. The first-order valence-corrected chi connectivity index (χ1v) is 5.04. The van der Waals surface area contributed by atoms with Gasteiger partial charge in [0.1, 0.15) is 0 Å². The lowest BCUT2D eigenvalue weighted by Gasteiger charge is -2.08. The number of hydrogen-bond acceptors (Lipinski definition) is 5. The number of hydrogen-bond donors (Lipinski definition) is 2. The largest absolute Gasteiger partial charge is 0.477 e. The molecule has 1 rings (SSSR count). The highest BCUT2D eigenvalue weighted by atomic mass is 16.6. The summed E-state index contributed by atoms with van der Waals surface area (Å²) >= 11 is 0. The van der Waals surface area contributed by atoms with Crippen LogP contribution in [0.2, 0.25) is 0 Å². The van der Waals surface area contributed by atoms with E-state index in [1.807, 2.05) is 13.8 Å². The molecule has 0 aliphatic rings. The number of pyridine rings is 1. The quantitative estimate of drug-likeness (QED) is 0.599. The molecule has 0 bridgehead atoms. The Kier molecular flexibility index (Phi) is 3.97. The molecular formula is C10H13N3O4. The Morgan fingerprint density at radius 3 is 2.71 bits per heavy atom. The molecule has 0 aliphatic carbocycles. The van der Waals surface area contributed by atoms with E-state index in [1.54, 1.807) is 0 Å². The number of nitrogens with zero attached hydrogens (tertiary/aromatic N) is 2. The van der Waals surface area contributed by atoms with Crippen molar-refractivity contribution >= 4 is 17.5 Å². The standard InChI is InChI=1S/C10H13N3O4/c1-6(2)5-11-9-8(13(16)17)4-3-7(12-9)10(14)15/h3-4,6H,5H2,1-2H3,(H,11,12)(H,14,15). The number of carboxylic acids is 1. The monoisotopic (exact) mass is 239 g/mol. The van der Waals surface area contributed by atoms with Gasteiger partial charge in [-0.2, -0.15) is 0 Å². The molecule has 17 heavy (non-hydrogen) atoms. The van der Waals surface area contributed by atoms with Crippen LogP contribution < -0.4 is 5.32 Å². The smallest absolute Gasteiger partial charge is 0.354 e. The Morgan fingerprint density at radius 1 is 1.59 bits per heavy atom. The van der Waals surface area contributed by atoms with E-state index < -0.39 is 10.9 Å². The van der Waals surface area contributed by atoms with Crippen LogP contribution in [0.4, 0.5) is 11.5 Å². The first kappa shape index (κ1) is 12.9. The molecule has 1 aromatic heterocycles. The number of nitro groups is 1. The number of nitrogens with one attached hydrogen (secondary N) is 1. The third kappa shape index (κ3) is 3.40. The van der Waals surface area contributed by atoms with Gasteiger partial charge in [-0.05, 0) is 12.0 Å². The van der Waals surface area contributed by atoms with E-state index in [2.05, 4.69) is 10.3 Å². The Bertz CT molecular complexity index is 445. The number of aromatic carboxylic acids is 1. The van der Waals surface area contributed by atoms with Gasteiger partial charge in [0.25, 0.3) is 0 Å². The molecule has 1 heterocycles. The summed E-state index contributed by atoms with van der Waals surface area (Å²) in [6.07, 6.45) is 0. The van der Waals surface area contributed by atoms with Gasteiger partial charge in [-0.25, -0.2) is 9.78 Å². The normalized spacial score (nSPS) is 10.3. The minimum Gasteiger partial charge on any atom is -0.477 e. The second-order valence-electron chi connectivity index (χ2n) is 3.90. The number of anilines is 1. The minimum absolute atomic E-state index is 0.0106. The van der Waals surface area contributed by atoms with Gasteiger partial charge in [0.2, 0.25) is 5.82 Å². The van der Waals surface area contributed by atoms with E-state index in [9.17, 15) is 14.9 Å². The van der Waals surface area contributed by atoms with Gasteiger partial charge >= 0.3 is 11.7 Å². The third-order valence-electron chi connectivity index (χ3n) is 1.97. The van der Waals surface area contributed by atoms with Crippen LogP contribution in [0.5, 0.6) is 0 Å². The molecule has 0 aliphatic heterocycles. The molecule has 7 heteroatoms. The predicted molar refractivity (Wildman–Crippen MR) is 61.2 cm³/mol. The number of carboxylic acid groups (broad SMARTS) is 1. The van der Waals surface area contributed by atoms with Crippen LogP contribution in [-0.2, 0) is 0 Å². The summed E-state index contributed by atoms with van der Waals surface area (Å²) in [7, 11) is 0. The van der Waals surface area contributed by atoms with Crippen molar-refractivity contribution in [1.82, 2.24) is 4.98 Å². The fourth-order valence-corrected chi connectivity index (χ4v) is 1.15. The van der Waals surface area contributed by atoms with E-state index in [4.69, 9.17) is 5.11 Å². The van der Waals surface area contributed by atoms with Gasteiger partial charge in [-0.15, -0.1) is 0 Å². The number of aromatic nitrogens is 1. The lowest BCUT2D eigenvalue weighted by atomic mass is 10.2. The van der Waals surface area contributed by atoms with Crippen molar-refractivity contribution < 1.29 is 14.8 Å². The maximum atomic E-state index is 10.7. The van der Waals surface area contributed by atoms with Crippen LogP contribution in [-0.4, -0.2) is 27.5 Å². The minimum atomic E-state index is -1.22.